The zero-order valence-electron chi connectivity index (χ0n) is 14.7. The second-order valence-corrected chi connectivity index (χ2v) is 8.81. The summed E-state index contributed by atoms with van der Waals surface area (Å²) < 4.78 is 4.12. The molecule has 0 saturated carbocycles. The van der Waals surface area contributed by atoms with E-state index in [9.17, 15) is 14.4 Å². The number of pyridine rings is 1. The third kappa shape index (κ3) is 4.26. The monoisotopic (exact) mass is 444 g/mol. The van der Waals surface area contributed by atoms with Crippen molar-refractivity contribution in [3.63, 3.8) is 0 Å². The number of fused-ring (bicyclic) bond motifs is 1. The first-order valence-electron chi connectivity index (χ1n) is 8.41. The fourth-order valence-electron chi connectivity index (χ4n) is 2.79. The van der Waals surface area contributed by atoms with Gasteiger partial charge in [0, 0.05) is 5.56 Å². The topological polar surface area (TPSA) is 91.4 Å². The molecule has 3 aromatic rings. The van der Waals surface area contributed by atoms with Crippen LogP contribution >= 0.6 is 34.9 Å². The normalized spacial score (nSPS) is 13.2. The second-order valence-electron chi connectivity index (χ2n) is 5.99. The Bertz CT molecular complexity index is 1100. The average molecular weight is 445 g/mol. The number of hydrogen-bond donors (Lipinski definition) is 2. The predicted molar refractivity (Wildman–Crippen MR) is 114 cm³/mol. The molecule has 0 bridgehead atoms. The Morgan fingerprint density at radius 1 is 1.14 bits per heavy atom. The van der Waals surface area contributed by atoms with Gasteiger partial charge in [-0.05, 0) is 47.8 Å². The Kier molecular flexibility index (Phi) is 5.52. The summed E-state index contributed by atoms with van der Waals surface area (Å²) in [5.74, 6) is -0.539. The number of hydrogen-bond acceptors (Lipinski definition) is 6. The quantitative estimate of drug-likeness (QED) is 0.461. The highest BCUT2D eigenvalue weighted by Gasteiger charge is 2.32. The maximum absolute atomic E-state index is 12.7. The van der Waals surface area contributed by atoms with E-state index in [-0.39, 0.29) is 18.1 Å². The second kappa shape index (κ2) is 8.24. The lowest BCUT2D eigenvalue weighted by atomic mass is 9.98. The number of halogens is 1. The summed E-state index contributed by atoms with van der Waals surface area (Å²) in [6.07, 6.45) is 1.53. The van der Waals surface area contributed by atoms with Crippen molar-refractivity contribution in [1.82, 2.24) is 9.71 Å². The SMILES string of the molecule is O=C(NSc1ccc(Cl)s1)Nc1ccc(N2C(=O)Cc3ccccc3C2=O)nc1. The molecule has 0 radical (unpaired) electrons. The Morgan fingerprint density at radius 2 is 1.97 bits per heavy atom. The van der Waals surface area contributed by atoms with Crippen molar-refractivity contribution in [2.75, 3.05) is 10.2 Å². The van der Waals surface area contributed by atoms with Gasteiger partial charge in [0.05, 0.1) is 26.9 Å². The maximum atomic E-state index is 12.7. The van der Waals surface area contributed by atoms with Crippen LogP contribution in [0.15, 0.2) is 58.9 Å². The summed E-state index contributed by atoms with van der Waals surface area (Å²) in [6, 6.07) is 13.2. The van der Waals surface area contributed by atoms with Crippen LogP contribution in [0.5, 0.6) is 0 Å². The number of nitrogens with one attached hydrogen (secondary N) is 2. The summed E-state index contributed by atoms with van der Waals surface area (Å²) in [5, 5.41) is 2.64. The molecule has 0 aliphatic carbocycles. The van der Waals surface area contributed by atoms with Crippen molar-refractivity contribution >= 4 is 64.2 Å². The van der Waals surface area contributed by atoms with E-state index in [4.69, 9.17) is 11.6 Å². The first-order chi connectivity index (χ1) is 14.0. The van der Waals surface area contributed by atoms with Gasteiger partial charge < -0.3 is 5.32 Å². The van der Waals surface area contributed by atoms with Crippen molar-refractivity contribution in [3.8, 4) is 0 Å². The Morgan fingerprint density at radius 3 is 2.69 bits per heavy atom. The molecule has 0 saturated heterocycles. The van der Waals surface area contributed by atoms with Crippen LogP contribution in [0.3, 0.4) is 0 Å². The summed E-state index contributed by atoms with van der Waals surface area (Å²) in [5.41, 5.74) is 1.62. The number of nitrogens with zero attached hydrogens (tertiary/aromatic N) is 2. The molecule has 0 spiro atoms. The molecule has 10 heteroatoms. The van der Waals surface area contributed by atoms with Gasteiger partial charge in [-0.2, -0.15) is 0 Å². The molecule has 1 aliphatic rings. The molecule has 4 amide bonds. The van der Waals surface area contributed by atoms with Crippen molar-refractivity contribution in [2.24, 2.45) is 0 Å². The highest BCUT2D eigenvalue weighted by Crippen LogP contribution is 2.28. The number of thiophene rings is 1. The van der Waals surface area contributed by atoms with Crippen LogP contribution in [-0.4, -0.2) is 22.8 Å². The zero-order valence-corrected chi connectivity index (χ0v) is 17.1. The first-order valence-corrected chi connectivity index (χ1v) is 10.4. The van der Waals surface area contributed by atoms with E-state index in [0.29, 0.717) is 21.2 Å². The lowest BCUT2D eigenvalue weighted by molar-refractivity contribution is -0.117. The molecule has 0 fully saturated rings. The molecule has 1 aromatic carbocycles. The fraction of sp³-hybridized carbons (Fsp3) is 0.0526. The highest BCUT2D eigenvalue weighted by atomic mass is 35.5. The van der Waals surface area contributed by atoms with Crippen LogP contribution in [0.1, 0.15) is 15.9 Å². The molecule has 29 heavy (non-hydrogen) atoms. The summed E-state index contributed by atoms with van der Waals surface area (Å²) in [7, 11) is 0. The van der Waals surface area contributed by atoms with Crippen LogP contribution in [0.4, 0.5) is 16.3 Å². The van der Waals surface area contributed by atoms with Gasteiger partial charge in [-0.1, -0.05) is 29.8 Å². The van der Waals surface area contributed by atoms with Gasteiger partial charge in [0.2, 0.25) is 5.91 Å². The molecule has 0 unspecified atom stereocenters. The number of urea groups is 1. The number of imide groups is 1. The lowest BCUT2D eigenvalue weighted by Gasteiger charge is -2.25. The highest BCUT2D eigenvalue weighted by molar-refractivity contribution is 7.99. The van der Waals surface area contributed by atoms with Crippen LogP contribution < -0.4 is 14.9 Å². The van der Waals surface area contributed by atoms with Crippen molar-refractivity contribution in [3.05, 3.63) is 70.2 Å². The fourth-order valence-corrected chi connectivity index (χ4v) is 4.64. The van der Waals surface area contributed by atoms with Gasteiger partial charge in [0.15, 0.2) is 0 Å². The van der Waals surface area contributed by atoms with Crippen molar-refractivity contribution in [1.29, 1.82) is 0 Å². The van der Waals surface area contributed by atoms with Gasteiger partial charge in [-0.3, -0.25) is 14.3 Å². The van der Waals surface area contributed by atoms with Gasteiger partial charge in [0.25, 0.3) is 5.91 Å². The van der Waals surface area contributed by atoms with Crippen molar-refractivity contribution in [2.45, 2.75) is 10.6 Å². The molecule has 4 rings (SSSR count). The molecular weight excluding hydrogens is 432 g/mol. The number of carbonyl (C=O) groups excluding carboxylic acids is 3. The number of carbonyl (C=O) groups is 3. The van der Waals surface area contributed by atoms with Gasteiger partial charge in [-0.25, -0.2) is 14.7 Å². The van der Waals surface area contributed by atoms with E-state index in [1.807, 2.05) is 0 Å². The van der Waals surface area contributed by atoms with E-state index in [2.05, 4.69) is 15.0 Å². The Hall–Kier alpha value is -2.88. The van der Waals surface area contributed by atoms with Gasteiger partial charge >= 0.3 is 6.03 Å². The lowest BCUT2D eigenvalue weighted by Crippen LogP contribution is -2.42. The molecule has 2 aromatic heterocycles. The van der Waals surface area contributed by atoms with Crippen LogP contribution in [0.25, 0.3) is 0 Å². The minimum absolute atomic E-state index is 0.135. The van der Waals surface area contributed by atoms with E-state index in [0.717, 1.165) is 21.1 Å². The number of benzene rings is 1. The molecule has 1 aliphatic heterocycles. The molecular formula is C19H13ClN4O3S2. The first kappa shape index (κ1) is 19.4. The molecule has 7 nitrogen and oxygen atoms in total. The van der Waals surface area contributed by atoms with E-state index in [1.54, 1.807) is 42.5 Å². The molecule has 3 heterocycles. The van der Waals surface area contributed by atoms with E-state index in [1.165, 1.54) is 23.6 Å². The Balaban J connectivity index is 1.42. The van der Waals surface area contributed by atoms with Gasteiger partial charge in [-0.15, -0.1) is 11.3 Å². The number of anilines is 2. The summed E-state index contributed by atoms with van der Waals surface area (Å²) in [4.78, 5) is 42.3. The third-order valence-corrected chi connectivity index (χ3v) is 6.22. The number of amides is 4. The van der Waals surface area contributed by atoms with E-state index >= 15 is 0 Å². The Labute approximate surface area is 179 Å². The minimum atomic E-state index is -0.437. The number of rotatable bonds is 4. The minimum Gasteiger partial charge on any atom is -0.306 e. The van der Waals surface area contributed by atoms with Crippen LogP contribution in [0, 0.1) is 0 Å². The van der Waals surface area contributed by atoms with Gasteiger partial charge in [0.1, 0.15) is 5.82 Å². The largest absolute Gasteiger partial charge is 0.329 e. The molecule has 0 atom stereocenters. The predicted octanol–water partition coefficient (Wildman–Crippen LogP) is 4.35. The van der Waals surface area contributed by atoms with Crippen LogP contribution in [0.2, 0.25) is 4.34 Å². The summed E-state index contributed by atoms with van der Waals surface area (Å²) in [6.45, 7) is 0. The maximum Gasteiger partial charge on any atom is 0.329 e. The number of aromatic nitrogens is 1. The zero-order chi connectivity index (χ0) is 20.4. The third-order valence-electron chi connectivity index (χ3n) is 4.07. The van der Waals surface area contributed by atoms with E-state index < -0.39 is 11.9 Å². The smallest absolute Gasteiger partial charge is 0.306 e. The molecule has 2 N–H and O–H groups in total. The van der Waals surface area contributed by atoms with Crippen molar-refractivity contribution < 1.29 is 14.4 Å². The van der Waals surface area contributed by atoms with Crippen LogP contribution in [-0.2, 0) is 11.2 Å². The molecule has 146 valence electrons. The average Bonchev–Trinajstić information content (AvgIpc) is 3.13. The standard InChI is InChI=1S/C19H13ClN4O3S2/c20-14-6-8-17(28-14)29-23-19(27)22-12-5-7-15(21-10-12)24-16(25)9-11-3-1-2-4-13(11)18(24)26/h1-8,10H,9H2,(H2,22,23,27). The summed E-state index contributed by atoms with van der Waals surface area (Å²) >= 11 is 8.35.